The van der Waals surface area contributed by atoms with E-state index in [0.717, 1.165) is 29.7 Å². The molecule has 2 heterocycles. The van der Waals surface area contributed by atoms with E-state index < -0.39 is 23.7 Å². The number of aromatic nitrogens is 2. The molecular formula is C20H19F3N4O2S. The van der Waals surface area contributed by atoms with Crippen LogP contribution in [0.3, 0.4) is 0 Å². The number of nitrogens with zero attached hydrogens (tertiary/aromatic N) is 3. The van der Waals surface area contributed by atoms with E-state index in [9.17, 15) is 18.3 Å². The average molecular weight is 436 g/mol. The molecule has 10 heteroatoms. The second kappa shape index (κ2) is 8.19. The van der Waals surface area contributed by atoms with E-state index in [0.29, 0.717) is 22.8 Å². The van der Waals surface area contributed by atoms with Gasteiger partial charge in [0.2, 0.25) is 5.13 Å². The maximum Gasteiger partial charge on any atom is 0.420 e. The number of nitrogen functional groups attached to an aromatic ring is 1. The number of halogens is 3. The Kier molecular flexibility index (Phi) is 5.61. The molecule has 1 aliphatic carbocycles. The highest BCUT2D eigenvalue weighted by Crippen LogP contribution is 2.36. The van der Waals surface area contributed by atoms with Crippen LogP contribution in [-0.4, -0.2) is 26.9 Å². The number of aliphatic hydroxyl groups excluding tert-OH is 1. The van der Waals surface area contributed by atoms with Gasteiger partial charge in [0, 0.05) is 17.5 Å². The number of benzene rings is 1. The minimum absolute atomic E-state index is 0.0854. The largest absolute Gasteiger partial charge is 0.489 e. The number of anilines is 1. The minimum atomic E-state index is -4.61. The fourth-order valence-corrected chi connectivity index (χ4v) is 4.29. The topological polar surface area (TPSA) is 93.6 Å². The van der Waals surface area contributed by atoms with Crippen molar-refractivity contribution >= 4 is 38.2 Å². The van der Waals surface area contributed by atoms with Gasteiger partial charge in [-0.15, -0.1) is 0 Å². The Balaban J connectivity index is 1.54. The molecule has 0 aliphatic heterocycles. The number of thiazole rings is 1. The Morgan fingerprint density at radius 1 is 1.27 bits per heavy atom. The quantitative estimate of drug-likeness (QED) is 0.608. The van der Waals surface area contributed by atoms with Gasteiger partial charge in [0.1, 0.15) is 23.7 Å². The summed E-state index contributed by atoms with van der Waals surface area (Å²) in [6, 6.07) is 6.33. The van der Waals surface area contributed by atoms with Crippen molar-refractivity contribution in [2.75, 3.05) is 5.73 Å². The lowest BCUT2D eigenvalue weighted by Crippen LogP contribution is -2.23. The van der Waals surface area contributed by atoms with E-state index in [2.05, 4.69) is 15.0 Å². The molecule has 6 nitrogen and oxygen atoms in total. The van der Waals surface area contributed by atoms with E-state index in [1.54, 1.807) is 18.2 Å². The summed E-state index contributed by atoms with van der Waals surface area (Å²) in [6.45, 7) is -0.298. The van der Waals surface area contributed by atoms with E-state index in [1.807, 2.05) is 0 Å². The van der Waals surface area contributed by atoms with Crippen molar-refractivity contribution in [2.45, 2.75) is 44.6 Å². The monoisotopic (exact) mass is 436 g/mol. The predicted octanol–water partition coefficient (Wildman–Crippen LogP) is 4.88. The molecule has 1 aromatic carbocycles. The smallest absolute Gasteiger partial charge is 0.420 e. The number of nitrogens with two attached hydrogens (primary N) is 1. The molecule has 0 saturated heterocycles. The molecule has 1 saturated carbocycles. The fraction of sp³-hybridized carbons (Fsp3) is 0.350. The van der Waals surface area contributed by atoms with Gasteiger partial charge in [0.05, 0.1) is 16.3 Å². The van der Waals surface area contributed by atoms with Gasteiger partial charge in [-0.05, 0) is 43.5 Å². The summed E-state index contributed by atoms with van der Waals surface area (Å²) < 4.78 is 46.1. The van der Waals surface area contributed by atoms with Gasteiger partial charge in [-0.25, -0.2) is 15.0 Å². The zero-order valence-corrected chi connectivity index (χ0v) is 16.6. The van der Waals surface area contributed by atoms with Crippen LogP contribution in [-0.2, 0) is 12.8 Å². The summed E-state index contributed by atoms with van der Waals surface area (Å²) >= 11 is 1.34. The molecule has 4 rings (SSSR count). The lowest BCUT2D eigenvalue weighted by Gasteiger charge is -2.18. The van der Waals surface area contributed by atoms with Crippen LogP contribution in [0.4, 0.5) is 24.1 Å². The van der Waals surface area contributed by atoms with Gasteiger partial charge >= 0.3 is 6.18 Å². The second-order valence-corrected chi connectivity index (χ2v) is 8.02. The first kappa shape index (κ1) is 20.5. The third kappa shape index (κ3) is 4.39. The van der Waals surface area contributed by atoms with Gasteiger partial charge < -0.3 is 15.6 Å². The van der Waals surface area contributed by atoms with Crippen LogP contribution in [0.2, 0.25) is 0 Å². The highest BCUT2D eigenvalue weighted by Gasteiger charge is 2.36. The number of ether oxygens (including phenoxy) is 1. The summed E-state index contributed by atoms with van der Waals surface area (Å²) in [5, 5.41) is 10.6. The molecule has 0 amide bonds. The molecule has 1 aliphatic rings. The Hall–Kier alpha value is -2.72. The van der Waals surface area contributed by atoms with E-state index in [1.165, 1.54) is 23.6 Å². The van der Waals surface area contributed by atoms with E-state index >= 15 is 0 Å². The Morgan fingerprint density at radius 3 is 2.87 bits per heavy atom. The maximum absolute atomic E-state index is 13.3. The third-order valence-electron chi connectivity index (χ3n) is 4.88. The molecule has 3 N–H and O–H groups in total. The van der Waals surface area contributed by atoms with E-state index in [-0.39, 0.29) is 12.2 Å². The molecule has 3 aromatic rings. The van der Waals surface area contributed by atoms with Crippen LogP contribution >= 0.6 is 11.3 Å². The first-order valence-electron chi connectivity index (χ1n) is 9.41. The summed E-state index contributed by atoms with van der Waals surface area (Å²) in [5.74, 6) is -0.165. The van der Waals surface area contributed by atoms with Crippen molar-refractivity contribution in [1.29, 1.82) is 0 Å². The van der Waals surface area contributed by atoms with Gasteiger partial charge in [0.25, 0.3) is 0 Å². The standard InChI is InChI=1S/C20H19F3N4O2S/c21-20(22,23)17-11(7-8-25-18(17)24)10-29-12-5-6-14-16(9-12)30-19(27-14)26-13-3-1-2-4-15(13)28/h5-9,15,28H,1-4,10H2,(H2,24,25)/t15-/m0/s1. The van der Waals surface area contributed by atoms with Crippen molar-refractivity contribution in [3.8, 4) is 5.75 Å². The number of rotatable bonds is 4. The number of aliphatic hydroxyl groups is 1. The Morgan fingerprint density at radius 2 is 2.10 bits per heavy atom. The van der Waals surface area contributed by atoms with Gasteiger partial charge in [-0.3, -0.25) is 0 Å². The third-order valence-corrected chi connectivity index (χ3v) is 5.79. The zero-order chi connectivity index (χ0) is 21.3. The Bertz CT molecular complexity index is 1100. The molecule has 0 bridgehead atoms. The van der Waals surface area contributed by atoms with Crippen LogP contribution in [0.25, 0.3) is 10.2 Å². The summed E-state index contributed by atoms with van der Waals surface area (Å²) in [5.41, 5.74) is 5.80. The average Bonchev–Trinajstić information content (AvgIpc) is 3.08. The molecule has 0 radical (unpaired) electrons. The lowest BCUT2D eigenvalue weighted by molar-refractivity contribution is -0.138. The van der Waals surface area contributed by atoms with Crippen LogP contribution in [0.1, 0.15) is 36.8 Å². The van der Waals surface area contributed by atoms with Gasteiger partial charge in [-0.2, -0.15) is 13.2 Å². The van der Waals surface area contributed by atoms with E-state index in [4.69, 9.17) is 10.5 Å². The van der Waals surface area contributed by atoms with Crippen LogP contribution in [0.15, 0.2) is 35.5 Å². The first-order chi connectivity index (χ1) is 14.3. The van der Waals surface area contributed by atoms with Crippen LogP contribution in [0, 0.1) is 0 Å². The fourth-order valence-electron chi connectivity index (χ4n) is 3.39. The Labute approximate surface area is 174 Å². The number of hydrogen-bond donors (Lipinski definition) is 2. The van der Waals surface area contributed by atoms with Crippen LogP contribution in [0.5, 0.6) is 5.75 Å². The molecule has 0 unspecified atom stereocenters. The summed E-state index contributed by atoms with van der Waals surface area (Å²) in [7, 11) is 0. The van der Waals surface area contributed by atoms with Gasteiger partial charge in [-0.1, -0.05) is 17.8 Å². The second-order valence-electron chi connectivity index (χ2n) is 7.01. The molecule has 30 heavy (non-hydrogen) atoms. The molecular weight excluding hydrogens is 417 g/mol. The molecule has 158 valence electrons. The normalized spacial score (nSPS) is 18.8. The number of alkyl halides is 3. The minimum Gasteiger partial charge on any atom is -0.489 e. The highest BCUT2D eigenvalue weighted by atomic mass is 32.1. The van der Waals surface area contributed by atoms with Crippen molar-refractivity contribution in [2.24, 2.45) is 4.99 Å². The molecule has 2 aromatic heterocycles. The molecule has 1 atom stereocenters. The predicted molar refractivity (Wildman–Crippen MR) is 109 cm³/mol. The zero-order valence-electron chi connectivity index (χ0n) is 15.8. The van der Waals surface area contributed by atoms with Crippen molar-refractivity contribution in [3.63, 3.8) is 0 Å². The van der Waals surface area contributed by atoms with Crippen molar-refractivity contribution in [3.05, 3.63) is 41.6 Å². The molecule has 1 fully saturated rings. The first-order valence-corrected chi connectivity index (χ1v) is 10.2. The number of fused-ring (bicyclic) bond motifs is 1. The number of aliphatic imine (C=N–C) groups is 1. The molecule has 0 spiro atoms. The van der Waals surface area contributed by atoms with Crippen molar-refractivity contribution in [1.82, 2.24) is 9.97 Å². The summed E-state index contributed by atoms with van der Waals surface area (Å²) in [4.78, 5) is 12.5. The lowest BCUT2D eigenvalue weighted by atomic mass is 9.96. The number of hydrogen-bond acceptors (Lipinski definition) is 7. The highest BCUT2D eigenvalue weighted by molar-refractivity contribution is 7.22. The summed E-state index contributed by atoms with van der Waals surface area (Å²) in [6.07, 6.45) is -0.473. The number of pyridine rings is 1. The SMILES string of the molecule is Nc1nccc(COc2ccc3nc(N=C4CCCC[C@@H]4O)sc3c2)c1C(F)(F)F. The van der Waals surface area contributed by atoms with Crippen molar-refractivity contribution < 1.29 is 23.0 Å². The van der Waals surface area contributed by atoms with Crippen LogP contribution < -0.4 is 10.5 Å². The maximum atomic E-state index is 13.3. The van der Waals surface area contributed by atoms with Gasteiger partial charge in [0.15, 0.2) is 0 Å².